The third kappa shape index (κ3) is 4.52. The van der Waals surface area contributed by atoms with Crippen molar-refractivity contribution in [3.8, 4) is 0 Å². The average molecular weight is 358 g/mol. The number of methoxy groups -OCH3 is 2. The second-order valence-corrected chi connectivity index (χ2v) is 6.59. The van der Waals surface area contributed by atoms with Gasteiger partial charge in [0.2, 0.25) is 5.91 Å². The molecule has 0 heterocycles. The number of hydrogen-bond acceptors (Lipinski definition) is 7. The first-order chi connectivity index (χ1) is 11.1. The van der Waals surface area contributed by atoms with Crippen molar-refractivity contribution >= 4 is 27.9 Å². The molecule has 0 aliphatic rings. The highest BCUT2D eigenvalue weighted by atomic mass is 32.2. The maximum Gasteiger partial charge on any atom is 0.339 e. The quantitative estimate of drug-likeness (QED) is 0.550. The van der Waals surface area contributed by atoms with Crippen molar-refractivity contribution in [2.75, 3.05) is 14.2 Å². The van der Waals surface area contributed by atoms with Crippen molar-refractivity contribution in [3.63, 3.8) is 0 Å². The lowest BCUT2D eigenvalue weighted by atomic mass is 10.1. The normalized spacial score (nSPS) is 11.0. The van der Waals surface area contributed by atoms with Crippen molar-refractivity contribution < 1.29 is 32.3 Å². The first-order valence-corrected chi connectivity index (χ1v) is 8.24. The van der Waals surface area contributed by atoms with Gasteiger partial charge >= 0.3 is 11.9 Å². The van der Waals surface area contributed by atoms with Crippen LogP contribution in [0.4, 0.5) is 0 Å². The van der Waals surface area contributed by atoms with Crippen LogP contribution in [-0.2, 0) is 24.3 Å². The Morgan fingerprint density at radius 2 is 1.62 bits per heavy atom. The summed E-state index contributed by atoms with van der Waals surface area (Å²) in [4.78, 5) is 36.2. The molecule has 2 N–H and O–H groups in total. The molecule has 1 aromatic rings. The van der Waals surface area contributed by atoms with E-state index in [1.165, 1.54) is 6.07 Å². The third-order valence-corrected chi connectivity index (χ3v) is 4.22. The van der Waals surface area contributed by atoms with Gasteiger partial charge in [-0.3, -0.25) is 10.2 Å². The van der Waals surface area contributed by atoms with Gasteiger partial charge in [0.15, 0.2) is 0 Å². The van der Waals surface area contributed by atoms with E-state index >= 15 is 0 Å². The lowest BCUT2D eigenvalue weighted by molar-refractivity contribution is -0.124. The summed E-state index contributed by atoms with van der Waals surface area (Å²) < 4.78 is 33.8. The fraction of sp³-hybridized carbons (Fsp3) is 0.357. The molecule has 1 aromatic carbocycles. The minimum absolute atomic E-state index is 0.0827. The van der Waals surface area contributed by atoms with E-state index < -0.39 is 38.7 Å². The molecule has 0 saturated heterocycles. The number of carbonyl (C=O) groups excluding carboxylic acids is 3. The van der Waals surface area contributed by atoms with Crippen LogP contribution in [0.5, 0.6) is 0 Å². The van der Waals surface area contributed by atoms with Gasteiger partial charge in [0.05, 0.1) is 30.2 Å². The van der Waals surface area contributed by atoms with Gasteiger partial charge in [-0.25, -0.2) is 18.0 Å². The van der Waals surface area contributed by atoms with Gasteiger partial charge in [-0.15, -0.1) is 4.83 Å². The number of sulfonamides is 1. The number of hydrazine groups is 1. The number of nitrogens with one attached hydrogen (secondary N) is 2. The topological polar surface area (TPSA) is 128 Å². The van der Waals surface area contributed by atoms with Crippen LogP contribution in [0.15, 0.2) is 23.1 Å². The maximum atomic E-state index is 12.4. The Morgan fingerprint density at radius 1 is 1.04 bits per heavy atom. The largest absolute Gasteiger partial charge is 0.465 e. The van der Waals surface area contributed by atoms with Crippen LogP contribution < -0.4 is 10.3 Å². The van der Waals surface area contributed by atoms with E-state index in [9.17, 15) is 22.8 Å². The number of amides is 1. The highest BCUT2D eigenvalue weighted by Crippen LogP contribution is 2.19. The van der Waals surface area contributed by atoms with Gasteiger partial charge in [0.1, 0.15) is 0 Å². The Balaban J connectivity index is 3.33. The van der Waals surface area contributed by atoms with Crippen LogP contribution in [0.25, 0.3) is 0 Å². The third-order valence-electron chi connectivity index (χ3n) is 2.93. The molecule has 0 aromatic heterocycles. The summed E-state index contributed by atoms with van der Waals surface area (Å²) in [5.74, 6) is -2.73. The van der Waals surface area contributed by atoms with E-state index in [1.807, 2.05) is 10.3 Å². The van der Waals surface area contributed by atoms with E-state index in [0.29, 0.717) is 0 Å². The standard InChI is InChI=1S/C14H18N2O7S/c1-8(2)12(17)15-16-24(20,21)11-7-9(13(18)22-3)5-6-10(11)14(19)23-4/h5-8,16H,1-4H3,(H,15,17). The lowest BCUT2D eigenvalue weighted by Gasteiger charge is -2.13. The Kier molecular flexibility index (Phi) is 6.43. The van der Waals surface area contributed by atoms with Crippen LogP contribution in [0, 0.1) is 5.92 Å². The fourth-order valence-corrected chi connectivity index (χ4v) is 2.65. The lowest BCUT2D eigenvalue weighted by Crippen LogP contribution is -2.43. The molecular weight excluding hydrogens is 340 g/mol. The van der Waals surface area contributed by atoms with Crippen LogP contribution >= 0.6 is 0 Å². The smallest absolute Gasteiger partial charge is 0.339 e. The molecular formula is C14H18N2O7S. The summed E-state index contributed by atoms with van der Waals surface area (Å²) in [7, 11) is -2.11. The highest BCUT2D eigenvalue weighted by molar-refractivity contribution is 7.89. The summed E-state index contributed by atoms with van der Waals surface area (Å²) in [6.07, 6.45) is 0. The van der Waals surface area contributed by atoms with Crippen molar-refractivity contribution in [1.29, 1.82) is 0 Å². The molecule has 1 amide bonds. The number of benzene rings is 1. The molecule has 132 valence electrons. The van der Waals surface area contributed by atoms with Crippen LogP contribution in [-0.4, -0.2) is 40.5 Å². The Hall–Kier alpha value is -2.46. The molecule has 24 heavy (non-hydrogen) atoms. The second-order valence-electron chi connectivity index (χ2n) is 4.94. The molecule has 1 rings (SSSR count). The van der Waals surface area contributed by atoms with Crippen molar-refractivity contribution in [2.24, 2.45) is 5.92 Å². The van der Waals surface area contributed by atoms with Crippen LogP contribution in [0.3, 0.4) is 0 Å². The van der Waals surface area contributed by atoms with E-state index in [4.69, 9.17) is 0 Å². The molecule has 0 aliphatic carbocycles. The molecule has 10 heteroatoms. The van der Waals surface area contributed by atoms with E-state index in [-0.39, 0.29) is 11.1 Å². The zero-order valence-corrected chi connectivity index (χ0v) is 14.4. The van der Waals surface area contributed by atoms with E-state index in [2.05, 4.69) is 9.47 Å². The monoisotopic (exact) mass is 358 g/mol. The van der Waals surface area contributed by atoms with Crippen molar-refractivity contribution in [2.45, 2.75) is 18.7 Å². The average Bonchev–Trinajstić information content (AvgIpc) is 2.57. The number of ether oxygens (including phenoxy) is 2. The SMILES string of the molecule is COC(=O)c1ccc(C(=O)OC)c(S(=O)(=O)NNC(=O)C(C)C)c1. The summed E-state index contributed by atoms with van der Waals surface area (Å²) >= 11 is 0. The Bertz CT molecular complexity index is 756. The first kappa shape index (κ1) is 19.6. The molecule has 0 unspecified atom stereocenters. The zero-order valence-electron chi connectivity index (χ0n) is 13.6. The molecule has 0 saturated carbocycles. The molecule has 0 bridgehead atoms. The first-order valence-electron chi connectivity index (χ1n) is 6.76. The number of esters is 2. The van der Waals surface area contributed by atoms with Crippen molar-refractivity contribution in [1.82, 2.24) is 10.3 Å². The Labute approximate surface area is 139 Å². The Morgan fingerprint density at radius 3 is 2.12 bits per heavy atom. The summed E-state index contributed by atoms with van der Waals surface area (Å²) in [5.41, 5.74) is 1.64. The van der Waals surface area contributed by atoms with E-state index in [0.717, 1.165) is 26.4 Å². The van der Waals surface area contributed by atoms with E-state index in [1.54, 1.807) is 13.8 Å². The molecule has 0 radical (unpaired) electrons. The number of hydrogen-bond donors (Lipinski definition) is 2. The summed E-state index contributed by atoms with van der Waals surface area (Å²) in [6, 6.07) is 3.31. The molecule has 0 fully saturated rings. The molecule has 0 aliphatic heterocycles. The maximum absolute atomic E-state index is 12.4. The number of carbonyl (C=O) groups is 3. The van der Waals surface area contributed by atoms with Crippen LogP contribution in [0.2, 0.25) is 0 Å². The predicted molar refractivity (Wildman–Crippen MR) is 82.4 cm³/mol. The second kappa shape index (κ2) is 7.88. The highest BCUT2D eigenvalue weighted by Gasteiger charge is 2.26. The molecule has 9 nitrogen and oxygen atoms in total. The molecule has 0 atom stereocenters. The molecule has 0 spiro atoms. The summed E-state index contributed by atoms with van der Waals surface area (Å²) in [5, 5.41) is 0. The van der Waals surface area contributed by atoms with Gasteiger partial charge in [-0.1, -0.05) is 13.8 Å². The minimum atomic E-state index is -4.33. The fourth-order valence-electron chi connectivity index (χ4n) is 1.58. The number of rotatable bonds is 6. The van der Waals surface area contributed by atoms with Gasteiger partial charge in [-0.05, 0) is 18.2 Å². The zero-order chi connectivity index (χ0) is 18.5. The minimum Gasteiger partial charge on any atom is -0.465 e. The van der Waals surface area contributed by atoms with Crippen molar-refractivity contribution in [3.05, 3.63) is 29.3 Å². The predicted octanol–water partition coefficient (Wildman–Crippen LogP) is 0.225. The van der Waals surface area contributed by atoms with Gasteiger partial charge in [-0.2, -0.15) is 0 Å². The van der Waals surface area contributed by atoms with Gasteiger partial charge < -0.3 is 9.47 Å². The van der Waals surface area contributed by atoms with Gasteiger partial charge in [0.25, 0.3) is 10.0 Å². The van der Waals surface area contributed by atoms with Crippen LogP contribution in [0.1, 0.15) is 34.6 Å². The summed E-state index contributed by atoms with van der Waals surface area (Å²) in [6.45, 7) is 3.14. The van der Waals surface area contributed by atoms with Gasteiger partial charge in [0, 0.05) is 5.92 Å².